The van der Waals surface area contributed by atoms with E-state index in [4.69, 9.17) is 4.84 Å². The molecule has 1 aliphatic heterocycles. The molecule has 0 saturated heterocycles. The topological polar surface area (TPSA) is 75.6 Å². The first-order valence-corrected chi connectivity index (χ1v) is 8.67. The quantitative estimate of drug-likeness (QED) is 0.729. The van der Waals surface area contributed by atoms with Gasteiger partial charge >= 0.3 is 0 Å². The minimum atomic E-state index is -0.950. The molecule has 0 spiro atoms. The van der Waals surface area contributed by atoms with E-state index < -0.39 is 17.4 Å². The highest BCUT2D eigenvalue weighted by Gasteiger charge is 2.34. The van der Waals surface area contributed by atoms with Gasteiger partial charge in [-0.25, -0.2) is 19.7 Å². The Morgan fingerprint density at radius 1 is 1.11 bits per heavy atom. The summed E-state index contributed by atoms with van der Waals surface area (Å²) in [4.78, 5) is 26.2. The van der Waals surface area contributed by atoms with Crippen LogP contribution in [0.4, 0.5) is 10.1 Å². The van der Waals surface area contributed by atoms with E-state index in [1.54, 1.807) is 31.2 Å². The molecule has 1 amide bonds. The van der Waals surface area contributed by atoms with Crippen LogP contribution < -0.4 is 10.8 Å². The maximum atomic E-state index is 14.7. The number of aromatic nitrogens is 1. The molecule has 0 radical (unpaired) electrons. The predicted octanol–water partition coefficient (Wildman–Crippen LogP) is 3.63. The summed E-state index contributed by atoms with van der Waals surface area (Å²) in [5, 5.41) is 2.63. The largest absolute Gasteiger partial charge is 0.321 e. The molecule has 0 aliphatic carbocycles. The monoisotopic (exact) mass is 376 g/mol. The number of anilines is 1. The molecule has 1 atom stereocenters. The minimum Gasteiger partial charge on any atom is -0.321 e. The van der Waals surface area contributed by atoms with Gasteiger partial charge in [-0.1, -0.05) is 36.4 Å². The van der Waals surface area contributed by atoms with Gasteiger partial charge in [0.25, 0.3) is 5.91 Å². The highest BCUT2D eigenvalue weighted by molar-refractivity contribution is 6.03. The van der Waals surface area contributed by atoms with Gasteiger partial charge in [-0.3, -0.25) is 9.78 Å². The molecular weight excluding hydrogens is 359 g/mol. The number of nitrogens with one attached hydrogen (secondary N) is 2. The Morgan fingerprint density at radius 3 is 2.61 bits per heavy atom. The van der Waals surface area contributed by atoms with Gasteiger partial charge < -0.3 is 5.32 Å². The van der Waals surface area contributed by atoms with Crippen LogP contribution in [-0.2, 0) is 10.6 Å². The lowest BCUT2D eigenvalue weighted by Gasteiger charge is -2.18. The van der Waals surface area contributed by atoms with Crippen LogP contribution in [-0.4, -0.2) is 16.7 Å². The smallest absolute Gasteiger partial charge is 0.274 e. The van der Waals surface area contributed by atoms with Gasteiger partial charge in [0.05, 0.1) is 5.56 Å². The van der Waals surface area contributed by atoms with Crippen molar-refractivity contribution in [3.8, 4) is 0 Å². The van der Waals surface area contributed by atoms with E-state index in [1.807, 2.05) is 30.3 Å². The molecule has 28 heavy (non-hydrogen) atoms. The second-order valence-electron chi connectivity index (χ2n) is 6.38. The maximum absolute atomic E-state index is 14.7. The Bertz CT molecular complexity index is 1040. The van der Waals surface area contributed by atoms with E-state index in [2.05, 4.69) is 20.8 Å². The summed E-state index contributed by atoms with van der Waals surface area (Å²) in [6, 6.07) is 18.8. The summed E-state index contributed by atoms with van der Waals surface area (Å²) in [6.45, 7) is 1.79. The van der Waals surface area contributed by atoms with Crippen molar-refractivity contribution in [1.29, 1.82) is 0 Å². The van der Waals surface area contributed by atoms with Crippen LogP contribution in [0.5, 0.6) is 0 Å². The van der Waals surface area contributed by atoms with Gasteiger partial charge in [0.1, 0.15) is 11.5 Å². The van der Waals surface area contributed by atoms with Gasteiger partial charge in [-0.15, -0.1) is 0 Å². The number of hydroxylamine groups is 1. The fourth-order valence-electron chi connectivity index (χ4n) is 2.87. The Labute approximate surface area is 161 Å². The first-order valence-electron chi connectivity index (χ1n) is 8.67. The fourth-order valence-corrected chi connectivity index (χ4v) is 2.87. The van der Waals surface area contributed by atoms with Crippen molar-refractivity contribution in [3.05, 3.63) is 95.6 Å². The molecule has 6 nitrogen and oxygen atoms in total. The van der Waals surface area contributed by atoms with E-state index in [0.29, 0.717) is 5.69 Å². The molecule has 7 heteroatoms. The molecule has 4 rings (SSSR count). The summed E-state index contributed by atoms with van der Waals surface area (Å²) in [5.41, 5.74) is 3.41. The molecule has 140 valence electrons. The minimum absolute atomic E-state index is 0.246. The van der Waals surface area contributed by atoms with Crippen LogP contribution in [0.25, 0.3) is 0 Å². The lowest BCUT2D eigenvalue weighted by Crippen LogP contribution is -2.25. The van der Waals surface area contributed by atoms with Crippen LogP contribution in [0.3, 0.4) is 0 Å². The number of carbonyl (C=O) groups excluding carboxylic acids is 1. The Morgan fingerprint density at radius 2 is 1.89 bits per heavy atom. The second-order valence-corrected chi connectivity index (χ2v) is 6.38. The van der Waals surface area contributed by atoms with Crippen molar-refractivity contribution in [1.82, 2.24) is 10.5 Å². The third-order valence-corrected chi connectivity index (χ3v) is 4.36. The molecule has 0 fully saturated rings. The number of hydrogen-bond acceptors (Lipinski definition) is 5. The molecule has 2 N–H and O–H groups in total. The number of amidine groups is 1. The molecule has 1 aromatic heterocycles. The van der Waals surface area contributed by atoms with Crippen molar-refractivity contribution in [3.63, 3.8) is 0 Å². The number of rotatable bonds is 4. The summed E-state index contributed by atoms with van der Waals surface area (Å²) in [5.74, 6) is -0.665. The number of pyridine rings is 1. The molecule has 0 bridgehead atoms. The number of amides is 1. The molecule has 2 heterocycles. The zero-order valence-electron chi connectivity index (χ0n) is 15.0. The fraction of sp³-hybridized carbons (Fsp3) is 0.0952. The third-order valence-electron chi connectivity index (χ3n) is 4.36. The standard InChI is InChI=1S/C21H17FN4O2/c1-21(14-7-3-2-4-8-14)25-19(26-28-21)16-11-10-15(13-17(16)22)24-20(27)18-9-5-6-12-23-18/h2-13H,1H3,(H,24,27)(H,25,26). The maximum Gasteiger partial charge on any atom is 0.274 e. The van der Waals surface area contributed by atoms with Crippen molar-refractivity contribution in [2.75, 3.05) is 5.32 Å². The Hall–Kier alpha value is -3.58. The molecular formula is C21H17FN4O2. The number of hydrogen-bond donors (Lipinski definition) is 2. The van der Waals surface area contributed by atoms with E-state index in [9.17, 15) is 9.18 Å². The molecule has 0 saturated carbocycles. The number of aliphatic imine (C=N–C) groups is 1. The number of benzene rings is 2. The van der Waals surface area contributed by atoms with Crippen molar-refractivity contribution >= 4 is 17.4 Å². The van der Waals surface area contributed by atoms with E-state index in [1.165, 1.54) is 18.3 Å². The van der Waals surface area contributed by atoms with Crippen LogP contribution in [0.1, 0.15) is 28.5 Å². The van der Waals surface area contributed by atoms with Gasteiger partial charge in [0.2, 0.25) is 5.72 Å². The van der Waals surface area contributed by atoms with E-state index >= 15 is 0 Å². The molecule has 2 aromatic carbocycles. The van der Waals surface area contributed by atoms with Crippen LogP contribution in [0, 0.1) is 5.82 Å². The zero-order valence-corrected chi connectivity index (χ0v) is 15.0. The van der Waals surface area contributed by atoms with Crippen LogP contribution in [0.2, 0.25) is 0 Å². The van der Waals surface area contributed by atoms with E-state index in [0.717, 1.165) is 5.56 Å². The van der Waals surface area contributed by atoms with Gasteiger partial charge in [0.15, 0.2) is 5.84 Å². The summed E-state index contributed by atoms with van der Waals surface area (Å²) in [7, 11) is 0. The number of nitrogens with zero attached hydrogens (tertiary/aromatic N) is 2. The number of halogens is 1. The average Bonchev–Trinajstić information content (AvgIpc) is 3.12. The molecule has 3 aromatic rings. The second kappa shape index (κ2) is 7.21. The molecule has 1 unspecified atom stereocenters. The first-order chi connectivity index (χ1) is 13.5. The van der Waals surface area contributed by atoms with Gasteiger partial charge in [-0.05, 0) is 37.3 Å². The van der Waals surface area contributed by atoms with Crippen LogP contribution in [0.15, 0.2) is 77.9 Å². The lowest BCUT2D eigenvalue weighted by molar-refractivity contribution is -0.0453. The zero-order chi connectivity index (χ0) is 19.6. The Kier molecular flexibility index (Phi) is 4.58. The average molecular weight is 376 g/mol. The normalized spacial score (nSPS) is 18.3. The van der Waals surface area contributed by atoms with Crippen molar-refractivity contribution < 1.29 is 14.0 Å². The highest BCUT2D eigenvalue weighted by Crippen LogP contribution is 2.31. The summed E-state index contributed by atoms with van der Waals surface area (Å²) >= 11 is 0. The first kappa shape index (κ1) is 17.8. The van der Waals surface area contributed by atoms with Gasteiger partial charge in [0, 0.05) is 17.4 Å². The number of carbonyl (C=O) groups is 1. The lowest BCUT2D eigenvalue weighted by atomic mass is 10.1. The van der Waals surface area contributed by atoms with Crippen molar-refractivity contribution in [2.24, 2.45) is 4.99 Å². The van der Waals surface area contributed by atoms with E-state index in [-0.39, 0.29) is 17.1 Å². The van der Waals surface area contributed by atoms with Crippen LogP contribution >= 0.6 is 0 Å². The third kappa shape index (κ3) is 3.47. The Balaban J connectivity index is 1.55. The van der Waals surface area contributed by atoms with Gasteiger partial charge in [-0.2, -0.15) is 0 Å². The predicted molar refractivity (Wildman–Crippen MR) is 103 cm³/mol. The van der Waals surface area contributed by atoms with Crippen molar-refractivity contribution in [2.45, 2.75) is 12.6 Å². The molecule has 1 aliphatic rings. The summed E-state index contributed by atoms with van der Waals surface area (Å²) in [6.07, 6.45) is 1.52. The highest BCUT2D eigenvalue weighted by atomic mass is 19.1. The summed E-state index contributed by atoms with van der Waals surface area (Å²) < 4.78 is 14.7. The SMILES string of the molecule is CC1(c2ccccc2)N=C(c2ccc(NC(=O)c3ccccn3)cc2F)NO1.